The van der Waals surface area contributed by atoms with Crippen LogP contribution in [0.2, 0.25) is 0 Å². The van der Waals surface area contributed by atoms with E-state index in [2.05, 4.69) is 5.10 Å². The molecule has 18 heavy (non-hydrogen) atoms. The van der Waals surface area contributed by atoms with Gasteiger partial charge >= 0.3 is 5.97 Å². The Hall–Kier alpha value is -1.88. The Bertz CT molecular complexity index is 616. The molecule has 5 nitrogen and oxygen atoms in total. The number of carbonyl (C=O) groups is 1. The predicted octanol–water partition coefficient (Wildman–Crippen LogP) is 1.41. The molecule has 0 aliphatic heterocycles. The van der Waals surface area contributed by atoms with E-state index in [-0.39, 0.29) is 5.56 Å². The highest BCUT2D eigenvalue weighted by molar-refractivity contribution is 5.96. The smallest absolute Gasteiger partial charge is 0.339 e. The van der Waals surface area contributed by atoms with Crippen LogP contribution in [-0.2, 0) is 6.42 Å². The Kier molecular flexibility index (Phi) is 2.56. The van der Waals surface area contributed by atoms with Gasteiger partial charge in [0.25, 0.3) is 0 Å². The highest BCUT2D eigenvalue weighted by Crippen LogP contribution is 2.38. The molecule has 5 heteroatoms. The number of nitrogens with two attached hydrogens (primary N) is 1. The fourth-order valence-electron chi connectivity index (χ4n) is 2.94. The molecule has 0 spiro atoms. The summed E-state index contributed by atoms with van der Waals surface area (Å²) in [4.78, 5) is 11.3. The summed E-state index contributed by atoms with van der Waals surface area (Å²) in [6.45, 7) is 0.627. The molecule has 2 heterocycles. The molecule has 0 fully saturated rings. The van der Waals surface area contributed by atoms with E-state index in [9.17, 15) is 9.90 Å². The van der Waals surface area contributed by atoms with Gasteiger partial charge in [0.15, 0.2) is 0 Å². The first-order valence-electron chi connectivity index (χ1n) is 6.15. The van der Waals surface area contributed by atoms with Crippen LogP contribution in [0.1, 0.15) is 40.2 Å². The number of pyridine rings is 1. The van der Waals surface area contributed by atoms with Gasteiger partial charge in [-0.25, -0.2) is 9.31 Å². The zero-order valence-corrected chi connectivity index (χ0v) is 9.97. The number of rotatable bonds is 3. The molecule has 0 saturated carbocycles. The molecule has 3 rings (SSSR count). The number of hydrogen-bond acceptors (Lipinski definition) is 3. The van der Waals surface area contributed by atoms with Gasteiger partial charge in [-0.15, -0.1) is 0 Å². The summed E-state index contributed by atoms with van der Waals surface area (Å²) >= 11 is 0. The molecule has 2 aromatic rings. The van der Waals surface area contributed by atoms with Gasteiger partial charge in [0.2, 0.25) is 0 Å². The molecule has 2 aromatic heterocycles. The minimum Gasteiger partial charge on any atom is -0.478 e. The van der Waals surface area contributed by atoms with Crippen LogP contribution in [0, 0.1) is 0 Å². The van der Waals surface area contributed by atoms with Gasteiger partial charge < -0.3 is 10.8 Å². The maximum Gasteiger partial charge on any atom is 0.339 e. The first-order valence-corrected chi connectivity index (χ1v) is 6.15. The monoisotopic (exact) mass is 245 g/mol. The lowest BCUT2D eigenvalue weighted by atomic mass is 9.96. The van der Waals surface area contributed by atoms with Gasteiger partial charge in [0.1, 0.15) is 5.56 Å². The Balaban J connectivity index is 2.26. The minimum absolute atomic E-state index is 0.288. The van der Waals surface area contributed by atoms with E-state index in [0.29, 0.717) is 12.5 Å². The lowest BCUT2D eigenvalue weighted by molar-refractivity contribution is 0.0699. The molecule has 1 aliphatic rings. The van der Waals surface area contributed by atoms with E-state index in [1.165, 1.54) is 11.8 Å². The van der Waals surface area contributed by atoms with Crippen LogP contribution in [0.5, 0.6) is 0 Å². The van der Waals surface area contributed by atoms with Crippen molar-refractivity contribution in [3.05, 3.63) is 35.2 Å². The number of aryl methyl sites for hydroxylation is 1. The van der Waals surface area contributed by atoms with E-state index >= 15 is 0 Å². The number of aromatic carboxylic acids is 1. The Morgan fingerprint density at radius 2 is 2.44 bits per heavy atom. The molecule has 0 saturated heterocycles. The number of aromatic nitrogens is 2. The second kappa shape index (κ2) is 4.10. The number of carboxylic acids is 1. The summed E-state index contributed by atoms with van der Waals surface area (Å²) < 4.78 is 1.66. The molecule has 1 aliphatic carbocycles. The van der Waals surface area contributed by atoms with Crippen molar-refractivity contribution in [1.29, 1.82) is 0 Å². The molecule has 94 valence electrons. The van der Waals surface area contributed by atoms with Crippen LogP contribution in [0.15, 0.2) is 18.5 Å². The lowest BCUT2D eigenvalue weighted by Crippen LogP contribution is -2.07. The summed E-state index contributed by atoms with van der Waals surface area (Å²) in [6.07, 6.45) is 6.22. The molecule has 3 N–H and O–H groups in total. The maximum atomic E-state index is 11.3. The summed E-state index contributed by atoms with van der Waals surface area (Å²) in [7, 11) is 0. The summed E-state index contributed by atoms with van der Waals surface area (Å²) in [5.41, 5.74) is 9.05. The molecule has 0 aromatic carbocycles. The van der Waals surface area contributed by atoms with Crippen molar-refractivity contribution < 1.29 is 9.90 Å². The maximum absolute atomic E-state index is 11.3. The molecule has 0 amide bonds. The number of carboxylic acid groups (broad SMARTS) is 1. The Labute approximate surface area is 104 Å². The van der Waals surface area contributed by atoms with E-state index in [4.69, 9.17) is 5.73 Å². The fourth-order valence-corrected chi connectivity index (χ4v) is 2.94. The highest BCUT2D eigenvalue weighted by Gasteiger charge is 2.27. The second-order valence-corrected chi connectivity index (χ2v) is 4.72. The van der Waals surface area contributed by atoms with Crippen molar-refractivity contribution in [2.45, 2.75) is 25.2 Å². The quantitative estimate of drug-likeness (QED) is 0.856. The Morgan fingerprint density at radius 1 is 1.61 bits per heavy atom. The van der Waals surface area contributed by atoms with Gasteiger partial charge in [0, 0.05) is 6.20 Å². The van der Waals surface area contributed by atoms with Crippen molar-refractivity contribution in [3.63, 3.8) is 0 Å². The number of hydrogen-bond donors (Lipinski definition) is 2. The fraction of sp³-hybridized carbons (Fsp3) is 0.385. The number of fused-ring (bicyclic) bond motifs is 3. The summed E-state index contributed by atoms with van der Waals surface area (Å²) in [5, 5.41) is 13.4. The summed E-state index contributed by atoms with van der Waals surface area (Å²) in [6, 6.07) is 2.04. The van der Waals surface area contributed by atoms with Gasteiger partial charge in [-0.2, -0.15) is 5.10 Å². The normalized spacial score (nSPS) is 18.2. The Morgan fingerprint density at radius 3 is 3.17 bits per heavy atom. The first-order chi connectivity index (χ1) is 8.72. The molecule has 1 atom stereocenters. The van der Waals surface area contributed by atoms with Gasteiger partial charge in [-0.3, -0.25) is 0 Å². The van der Waals surface area contributed by atoms with Crippen LogP contribution in [0.4, 0.5) is 0 Å². The minimum atomic E-state index is -0.920. The van der Waals surface area contributed by atoms with Gasteiger partial charge in [-0.05, 0) is 48.9 Å². The van der Waals surface area contributed by atoms with E-state index in [0.717, 1.165) is 30.3 Å². The van der Waals surface area contributed by atoms with Crippen molar-refractivity contribution in [2.75, 3.05) is 6.54 Å². The van der Waals surface area contributed by atoms with Crippen LogP contribution in [-0.4, -0.2) is 27.2 Å². The van der Waals surface area contributed by atoms with E-state index in [1.54, 1.807) is 4.52 Å². The third-order valence-corrected chi connectivity index (χ3v) is 3.73. The number of nitrogens with zero attached hydrogens (tertiary/aromatic N) is 2. The zero-order valence-electron chi connectivity index (χ0n) is 9.97. The van der Waals surface area contributed by atoms with Gasteiger partial charge in [-0.1, -0.05) is 0 Å². The lowest BCUT2D eigenvalue weighted by Gasteiger charge is -2.12. The van der Waals surface area contributed by atoms with Crippen LogP contribution in [0.3, 0.4) is 0 Å². The van der Waals surface area contributed by atoms with Crippen LogP contribution < -0.4 is 5.73 Å². The van der Waals surface area contributed by atoms with Crippen molar-refractivity contribution in [3.8, 4) is 0 Å². The zero-order chi connectivity index (χ0) is 12.7. The molecule has 1 unspecified atom stereocenters. The average Bonchev–Trinajstić information content (AvgIpc) is 2.92. The first kappa shape index (κ1) is 11.2. The SMILES string of the molecule is NCCC1CCc2ccn3ncc(C(=O)O)c3c21. The highest BCUT2D eigenvalue weighted by atomic mass is 16.4. The third-order valence-electron chi connectivity index (χ3n) is 3.73. The van der Waals surface area contributed by atoms with Crippen molar-refractivity contribution >= 4 is 11.5 Å². The topological polar surface area (TPSA) is 80.6 Å². The molecule has 0 bridgehead atoms. The summed E-state index contributed by atoms with van der Waals surface area (Å²) in [5.74, 6) is -0.555. The van der Waals surface area contributed by atoms with Crippen LogP contribution >= 0.6 is 0 Å². The molecule has 0 radical (unpaired) electrons. The second-order valence-electron chi connectivity index (χ2n) is 4.72. The predicted molar refractivity (Wildman–Crippen MR) is 66.9 cm³/mol. The molecular formula is C13H15N3O2. The van der Waals surface area contributed by atoms with Crippen LogP contribution in [0.25, 0.3) is 5.52 Å². The third kappa shape index (κ3) is 1.51. The van der Waals surface area contributed by atoms with Gasteiger partial charge in [0.05, 0.1) is 11.7 Å². The van der Waals surface area contributed by atoms with E-state index < -0.39 is 5.97 Å². The average molecular weight is 245 g/mol. The van der Waals surface area contributed by atoms with Crippen molar-refractivity contribution in [2.24, 2.45) is 5.73 Å². The largest absolute Gasteiger partial charge is 0.478 e. The van der Waals surface area contributed by atoms with Crippen molar-refractivity contribution in [1.82, 2.24) is 9.61 Å². The van der Waals surface area contributed by atoms with E-state index in [1.807, 2.05) is 12.3 Å². The standard InChI is InChI=1S/C13H15N3O2/c14-5-3-8-1-2-9-4-6-16-12(11(8)9)10(7-15-16)13(17)18/h4,6-8H,1-3,5,14H2,(H,17,18). The molecular weight excluding hydrogens is 230 g/mol.